The Kier molecular flexibility index (Phi) is 3.13. The minimum atomic E-state index is 0.118. The van der Waals surface area contributed by atoms with Crippen LogP contribution < -0.4 is 0 Å². The van der Waals surface area contributed by atoms with E-state index in [2.05, 4.69) is 0 Å². The summed E-state index contributed by atoms with van der Waals surface area (Å²) in [6.45, 7) is 3.78. The number of nitrogens with zero attached hydrogens (tertiary/aromatic N) is 1. The molecule has 9 heavy (non-hydrogen) atoms. The molecule has 2 nitrogen and oxygen atoms in total. The fourth-order valence-electron chi connectivity index (χ4n) is 0.404. The maximum absolute atomic E-state index is 10.9. The molecule has 0 rings (SSSR count). The van der Waals surface area contributed by atoms with Crippen molar-refractivity contribution in [2.75, 3.05) is 14.1 Å². The second-order valence-electron chi connectivity index (χ2n) is 2.65. The highest BCUT2D eigenvalue weighted by Gasteiger charge is 2.01. The van der Waals surface area contributed by atoms with Crippen molar-refractivity contribution < 1.29 is 5.11 Å². The first-order chi connectivity index (χ1) is 4.04. The summed E-state index contributed by atoms with van der Waals surface area (Å²) in [6.07, 6.45) is 1.60. The van der Waals surface area contributed by atoms with Gasteiger partial charge in [-0.25, -0.2) is 0 Å². The van der Waals surface area contributed by atoms with Crippen molar-refractivity contribution in [3.63, 3.8) is 0 Å². The van der Waals surface area contributed by atoms with E-state index in [1.165, 1.54) is 0 Å². The highest BCUT2D eigenvalue weighted by Crippen LogP contribution is 2.05. The molecule has 0 aromatic heterocycles. The predicted molar refractivity (Wildman–Crippen MR) is 37.3 cm³/mol. The second kappa shape index (κ2) is 3.38. The largest absolute Gasteiger partial charge is 0.381 e. The van der Waals surface area contributed by atoms with Crippen molar-refractivity contribution in [2.24, 2.45) is 5.92 Å². The van der Waals surface area contributed by atoms with Crippen LogP contribution in [0.1, 0.15) is 13.8 Å². The first-order valence-corrected chi connectivity index (χ1v) is 3.09. The van der Waals surface area contributed by atoms with Gasteiger partial charge in [-0.2, -0.15) is 0 Å². The summed E-state index contributed by atoms with van der Waals surface area (Å²) in [5.74, 6) is 0.299. The molecule has 0 aliphatic rings. The highest BCUT2D eigenvalue weighted by molar-refractivity contribution is 4.91. The van der Waals surface area contributed by atoms with Gasteiger partial charge in [0.05, 0.1) is 0 Å². The quantitative estimate of drug-likeness (QED) is 0.516. The van der Waals surface area contributed by atoms with Crippen molar-refractivity contribution in [3.8, 4) is 0 Å². The minimum absolute atomic E-state index is 0.118. The molecule has 2 heteroatoms. The Labute approximate surface area is 56.8 Å². The molecule has 0 unspecified atom stereocenters. The molecular weight excluding hydrogens is 114 g/mol. The maximum atomic E-state index is 10.9. The van der Waals surface area contributed by atoms with Gasteiger partial charge in [0.1, 0.15) is 0 Å². The summed E-state index contributed by atoms with van der Waals surface area (Å²) >= 11 is 0. The summed E-state index contributed by atoms with van der Waals surface area (Å²) in [6, 6.07) is 0. The van der Waals surface area contributed by atoms with Crippen molar-refractivity contribution in [1.82, 2.24) is 4.90 Å². The molecule has 0 aliphatic heterocycles. The fourth-order valence-corrected chi connectivity index (χ4v) is 0.404. The van der Waals surface area contributed by atoms with Gasteiger partial charge < -0.3 is 4.90 Å². The third kappa shape index (κ3) is 3.88. The monoisotopic (exact) mass is 128 g/mol. The first kappa shape index (κ1) is 8.34. The molecule has 0 heterocycles. The van der Waals surface area contributed by atoms with E-state index < -0.39 is 0 Å². The average molecular weight is 128 g/mol. The number of hydrogen-bond donors (Lipinski definition) is 0. The molecule has 0 spiro atoms. The van der Waals surface area contributed by atoms with Gasteiger partial charge in [-0.05, 0) is 0 Å². The summed E-state index contributed by atoms with van der Waals surface area (Å²) in [5, 5.41) is 10.9. The number of hydrogen-bond acceptors (Lipinski definition) is 1. The zero-order chi connectivity index (χ0) is 7.44. The van der Waals surface area contributed by atoms with Gasteiger partial charge >= 0.3 is 0 Å². The van der Waals surface area contributed by atoms with E-state index in [1.54, 1.807) is 11.1 Å². The van der Waals surface area contributed by atoms with Gasteiger partial charge in [0, 0.05) is 26.2 Å². The van der Waals surface area contributed by atoms with Crippen LogP contribution in [-0.4, -0.2) is 19.0 Å². The molecule has 0 aliphatic carbocycles. The molecular formula is C7H14NO. The molecule has 0 aromatic carbocycles. The SMILES string of the molecule is CC(C)C([O])=CN(C)C. The number of rotatable bonds is 2. The van der Waals surface area contributed by atoms with E-state index in [1.807, 2.05) is 27.9 Å². The summed E-state index contributed by atoms with van der Waals surface area (Å²) < 4.78 is 0. The standard InChI is InChI=1S/C7H14NO/c1-6(2)7(9)5-8(3)4/h5-6H,1-4H3. The average Bonchev–Trinajstić information content (AvgIpc) is 1.63. The molecule has 53 valence electrons. The van der Waals surface area contributed by atoms with Crippen LogP contribution in [0, 0.1) is 5.92 Å². The molecule has 0 bridgehead atoms. The Hall–Kier alpha value is -0.660. The lowest BCUT2D eigenvalue weighted by molar-refractivity contribution is 0.244. The molecule has 0 fully saturated rings. The molecule has 0 atom stereocenters. The summed E-state index contributed by atoms with van der Waals surface area (Å²) in [7, 11) is 3.70. The van der Waals surface area contributed by atoms with Gasteiger partial charge in [0.2, 0.25) is 0 Å². The van der Waals surface area contributed by atoms with Crippen molar-refractivity contribution in [3.05, 3.63) is 12.0 Å². The lowest BCUT2D eigenvalue weighted by atomic mass is 10.2. The lowest BCUT2D eigenvalue weighted by Gasteiger charge is -2.06. The Morgan fingerprint density at radius 2 is 1.89 bits per heavy atom. The normalized spacial score (nSPS) is 12.3. The smallest absolute Gasteiger partial charge is 0.173 e. The van der Waals surface area contributed by atoms with Crippen molar-refractivity contribution >= 4 is 0 Å². The van der Waals surface area contributed by atoms with Crippen LogP contribution >= 0.6 is 0 Å². The molecule has 1 radical (unpaired) electrons. The van der Waals surface area contributed by atoms with Crippen LogP contribution in [0.2, 0.25) is 0 Å². The van der Waals surface area contributed by atoms with Crippen molar-refractivity contribution in [1.29, 1.82) is 0 Å². The van der Waals surface area contributed by atoms with Crippen LogP contribution in [0.25, 0.3) is 0 Å². The van der Waals surface area contributed by atoms with E-state index in [0.29, 0.717) is 0 Å². The van der Waals surface area contributed by atoms with Gasteiger partial charge in [-0.3, -0.25) is 5.11 Å². The minimum Gasteiger partial charge on any atom is -0.381 e. The van der Waals surface area contributed by atoms with Crippen LogP contribution in [0.15, 0.2) is 12.0 Å². The Balaban J connectivity index is 3.84. The topological polar surface area (TPSA) is 23.1 Å². The zero-order valence-corrected chi connectivity index (χ0v) is 6.51. The van der Waals surface area contributed by atoms with E-state index in [4.69, 9.17) is 0 Å². The molecule has 0 saturated carbocycles. The molecule has 0 saturated heterocycles. The third-order valence-electron chi connectivity index (χ3n) is 0.954. The van der Waals surface area contributed by atoms with Crippen LogP contribution in [0.4, 0.5) is 0 Å². The maximum Gasteiger partial charge on any atom is 0.173 e. The second-order valence-corrected chi connectivity index (χ2v) is 2.65. The lowest BCUT2D eigenvalue weighted by Crippen LogP contribution is -2.04. The highest BCUT2D eigenvalue weighted by atomic mass is 16.3. The molecule has 0 N–H and O–H groups in total. The predicted octanol–water partition coefficient (Wildman–Crippen LogP) is 1.48. The fraction of sp³-hybridized carbons (Fsp3) is 0.714. The number of allylic oxidation sites excluding steroid dienone is 1. The van der Waals surface area contributed by atoms with Gasteiger partial charge in [-0.1, -0.05) is 13.8 Å². The van der Waals surface area contributed by atoms with Crippen LogP contribution in [-0.2, 0) is 5.11 Å². The third-order valence-corrected chi connectivity index (χ3v) is 0.954. The van der Waals surface area contributed by atoms with E-state index >= 15 is 0 Å². The Morgan fingerprint density at radius 3 is 2.00 bits per heavy atom. The summed E-state index contributed by atoms with van der Waals surface area (Å²) in [5.41, 5.74) is 0. The van der Waals surface area contributed by atoms with E-state index in [0.717, 1.165) is 0 Å². The van der Waals surface area contributed by atoms with E-state index in [-0.39, 0.29) is 11.7 Å². The van der Waals surface area contributed by atoms with Crippen LogP contribution in [0.5, 0.6) is 0 Å². The van der Waals surface area contributed by atoms with Gasteiger partial charge in [0.15, 0.2) is 5.76 Å². The Morgan fingerprint density at radius 1 is 1.44 bits per heavy atom. The Bertz CT molecular complexity index is 105. The first-order valence-electron chi connectivity index (χ1n) is 3.09. The van der Waals surface area contributed by atoms with Gasteiger partial charge in [-0.15, -0.1) is 0 Å². The van der Waals surface area contributed by atoms with E-state index in [9.17, 15) is 5.11 Å². The van der Waals surface area contributed by atoms with Crippen molar-refractivity contribution in [2.45, 2.75) is 13.8 Å². The summed E-state index contributed by atoms with van der Waals surface area (Å²) in [4.78, 5) is 1.77. The molecule has 0 amide bonds. The zero-order valence-electron chi connectivity index (χ0n) is 6.51. The van der Waals surface area contributed by atoms with Crippen LogP contribution in [0.3, 0.4) is 0 Å². The molecule has 0 aromatic rings. The van der Waals surface area contributed by atoms with Gasteiger partial charge in [0.25, 0.3) is 0 Å².